The van der Waals surface area contributed by atoms with E-state index < -0.39 is 0 Å². The molecule has 0 bridgehead atoms. The van der Waals surface area contributed by atoms with Crippen LogP contribution in [0.3, 0.4) is 0 Å². The molecule has 0 saturated heterocycles. The Bertz CT molecular complexity index is 240. The van der Waals surface area contributed by atoms with Gasteiger partial charge in [0.1, 0.15) is 0 Å². The van der Waals surface area contributed by atoms with Crippen molar-refractivity contribution in [2.75, 3.05) is 0 Å². The first kappa shape index (κ1) is 9.75. The zero-order valence-electron chi connectivity index (χ0n) is 8.00. The van der Waals surface area contributed by atoms with Gasteiger partial charge in [-0.2, -0.15) is 0 Å². The maximum atomic E-state index is 6.02. The van der Waals surface area contributed by atoms with Gasteiger partial charge in [0.15, 0.2) is 0 Å². The highest BCUT2D eigenvalue weighted by Gasteiger charge is 2.11. The van der Waals surface area contributed by atoms with Crippen LogP contribution < -0.4 is 5.73 Å². The lowest BCUT2D eigenvalue weighted by atomic mass is 10.0. The molecule has 0 amide bonds. The minimum atomic E-state index is 0.218. The summed E-state index contributed by atoms with van der Waals surface area (Å²) in [6, 6.07) is 4.56. The molecule has 0 fully saturated rings. The molecular formula is C10H17NS. The van der Waals surface area contributed by atoms with Crippen LogP contribution in [-0.4, -0.2) is 0 Å². The first-order valence-corrected chi connectivity index (χ1v) is 5.31. The smallest absolute Gasteiger partial charge is 0.0413 e. The molecule has 68 valence electrons. The van der Waals surface area contributed by atoms with Gasteiger partial charge in [0, 0.05) is 15.8 Å². The molecule has 0 aliphatic rings. The Morgan fingerprint density at radius 2 is 2.08 bits per heavy atom. The molecule has 1 atom stereocenters. The van der Waals surface area contributed by atoms with Crippen LogP contribution in [0, 0.1) is 5.92 Å². The maximum Gasteiger partial charge on any atom is 0.0413 e. The highest BCUT2D eigenvalue weighted by molar-refractivity contribution is 7.12. The Morgan fingerprint density at radius 3 is 2.50 bits per heavy atom. The van der Waals surface area contributed by atoms with E-state index >= 15 is 0 Å². The van der Waals surface area contributed by atoms with Crippen molar-refractivity contribution >= 4 is 11.3 Å². The fraction of sp³-hybridized carbons (Fsp3) is 0.600. The number of hydrogen-bond donors (Lipinski definition) is 1. The minimum Gasteiger partial charge on any atom is -0.323 e. The average molecular weight is 183 g/mol. The summed E-state index contributed by atoms with van der Waals surface area (Å²) in [6.07, 6.45) is 1.12. The predicted octanol–water partition coefficient (Wildman–Crippen LogP) is 2.97. The Morgan fingerprint density at radius 1 is 1.42 bits per heavy atom. The number of aryl methyl sites for hydroxylation is 1. The van der Waals surface area contributed by atoms with Gasteiger partial charge in [-0.25, -0.2) is 0 Å². The Kier molecular flexibility index (Phi) is 3.29. The second-order valence-corrected chi connectivity index (χ2v) is 4.63. The van der Waals surface area contributed by atoms with Crippen LogP contribution in [0.2, 0.25) is 0 Å². The van der Waals surface area contributed by atoms with Crippen molar-refractivity contribution in [1.82, 2.24) is 0 Å². The number of hydrogen-bond acceptors (Lipinski definition) is 2. The van der Waals surface area contributed by atoms with Crippen LogP contribution in [0.5, 0.6) is 0 Å². The Hall–Kier alpha value is -0.340. The number of rotatable bonds is 3. The van der Waals surface area contributed by atoms with Crippen LogP contribution in [0.4, 0.5) is 0 Å². The molecule has 1 unspecified atom stereocenters. The molecule has 0 aliphatic heterocycles. The van der Waals surface area contributed by atoms with Crippen LogP contribution >= 0.6 is 11.3 Å². The van der Waals surface area contributed by atoms with E-state index in [1.54, 1.807) is 0 Å². The summed E-state index contributed by atoms with van der Waals surface area (Å²) in [5, 5.41) is 0. The summed E-state index contributed by atoms with van der Waals surface area (Å²) in [4.78, 5) is 2.75. The topological polar surface area (TPSA) is 26.0 Å². The lowest BCUT2D eigenvalue weighted by molar-refractivity contribution is 0.521. The molecule has 0 aromatic carbocycles. The minimum absolute atomic E-state index is 0.218. The Labute approximate surface area is 78.6 Å². The number of thiophene rings is 1. The molecule has 2 heteroatoms. The molecule has 1 rings (SSSR count). The van der Waals surface area contributed by atoms with Gasteiger partial charge >= 0.3 is 0 Å². The largest absolute Gasteiger partial charge is 0.323 e. The van der Waals surface area contributed by atoms with Gasteiger partial charge in [0.05, 0.1) is 0 Å². The lowest BCUT2D eigenvalue weighted by Crippen LogP contribution is -2.14. The van der Waals surface area contributed by atoms with Gasteiger partial charge in [-0.1, -0.05) is 20.8 Å². The molecule has 1 aromatic rings. The highest BCUT2D eigenvalue weighted by Crippen LogP contribution is 2.26. The van der Waals surface area contributed by atoms with E-state index in [1.165, 1.54) is 9.75 Å². The van der Waals surface area contributed by atoms with Crippen LogP contribution in [-0.2, 0) is 6.42 Å². The van der Waals surface area contributed by atoms with Gasteiger partial charge < -0.3 is 5.73 Å². The zero-order valence-corrected chi connectivity index (χ0v) is 8.82. The lowest BCUT2D eigenvalue weighted by Gasteiger charge is -2.12. The molecular weight excluding hydrogens is 166 g/mol. The van der Waals surface area contributed by atoms with E-state index in [-0.39, 0.29) is 6.04 Å². The quantitative estimate of drug-likeness (QED) is 0.766. The molecule has 1 heterocycles. The van der Waals surface area contributed by atoms with Crippen molar-refractivity contribution in [3.05, 3.63) is 21.9 Å². The summed E-state index contributed by atoms with van der Waals surface area (Å²) in [7, 11) is 0. The van der Waals surface area contributed by atoms with E-state index in [9.17, 15) is 0 Å². The van der Waals surface area contributed by atoms with E-state index in [1.807, 2.05) is 11.3 Å². The summed E-state index contributed by atoms with van der Waals surface area (Å²) < 4.78 is 0. The second kappa shape index (κ2) is 4.06. The fourth-order valence-electron chi connectivity index (χ4n) is 1.09. The van der Waals surface area contributed by atoms with E-state index in [0.717, 1.165) is 6.42 Å². The van der Waals surface area contributed by atoms with Crippen molar-refractivity contribution in [1.29, 1.82) is 0 Å². The van der Waals surface area contributed by atoms with Crippen LogP contribution in [0.1, 0.15) is 36.6 Å². The van der Waals surface area contributed by atoms with Gasteiger partial charge in [0.25, 0.3) is 0 Å². The van der Waals surface area contributed by atoms with Gasteiger partial charge in [0.2, 0.25) is 0 Å². The normalized spacial score (nSPS) is 13.8. The molecule has 0 aliphatic carbocycles. The highest BCUT2D eigenvalue weighted by atomic mass is 32.1. The average Bonchev–Trinajstić information content (AvgIpc) is 2.50. The monoisotopic (exact) mass is 183 g/mol. The molecule has 0 saturated carbocycles. The summed E-state index contributed by atoms with van der Waals surface area (Å²) in [5.41, 5.74) is 6.02. The molecule has 2 N–H and O–H groups in total. The standard InChI is InChI=1S/C10H17NS/c1-4-8-5-6-9(12-8)10(11)7(2)3/h5-7,10H,4,11H2,1-3H3. The Balaban J connectivity index is 2.74. The third-order valence-electron chi connectivity index (χ3n) is 2.08. The van der Waals surface area contributed by atoms with E-state index in [0.29, 0.717) is 5.92 Å². The van der Waals surface area contributed by atoms with Crippen molar-refractivity contribution in [2.45, 2.75) is 33.2 Å². The van der Waals surface area contributed by atoms with Crippen LogP contribution in [0.25, 0.3) is 0 Å². The zero-order chi connectivity index (χ0) is 9.14. The summed E-state index contributed by atoms with van der Waals surface area (Å²) in [6.45, 7) is 6.50. The second-order valence-electron chi connectivity index (χ2n) is 3.43. The summed E-state index contributed by atoms with van der Waals surface area (Å²) >= 11 is 1.84. The first-order valence-electron chi connectivity index (χ1n) is 4.49. The third kappa shape index (κ3) is 2.08. The third-order valence-corrected chi connectivity index (χ3v) is 3.41. The van der Waals surface area contributed by atoms with Crippen molar-refractivity contribution in [3.63, 3.8) is 0 Å². The maximum absolute atomic E-state index is 6.02. The van der Waals surface area contributed by atoms with Gasteiger partial charge in [-0.05, 0) is 24.5 Å². The summed E-state index contributed by atoms with van der Waals surface area (Å²) in [5.74, 6) is 0.536. The molecule has 0 spiro atoms. The molecule has 12 heavy (non-hydrogen) atoms. The molecule has 1 nitrogen and oxygen atoms in total. The molecule has 1 aromatic heterocycles. The number of nitrogens with two attached hydrogens (primary N) is 1. The van der Waals surface area contributed by atoms with E-state index in [2.05, 4.69) is 32.9 Å². The van der Waals surface area contributed by atoms with E-state index in [4.69, 9.17) is 5.73 Å². The van der Waals surface area contributed by atoms with Crippen molar-refractivity contribution in [2.24, 2.45) is 11.7 Å². The van der Waals surface area contributed by atoms with Gasteiger partial charge in [-0.15, -0.1) is 11.3 Å². The van der Waals surface area contributed by atoms with Gasteiger partial charge in [-0.3, -0.25) is 0 Å². The predicted molar refractivity (Wildman–Crippen MR) is 55.5 cm³/mol. The van der Waals surface area contributed by atoms with Crippen molar-refractivity contribution in [3.8, 4) is 0 Å². The van der Waals surface area contributed by atoms with Crippen molar-refractivity contribution < 1.29 is 0 Å². The fourth-order valence-corrected chi connectivity index (χ4v) is 2.22. The first-order chi connectivity index (χ1) is 5.65. The van der Waals surface area contributed by atoms with Crippen LogP contribution in [0.15, 0.2) is 12.1 Å². The SMILES string of the molecule is CCc1ccc(C(N)C(C)C)s1. The molecule has 0 radical (unpaired) electrons.